The maximum absolute atomic E-state index is 7.39. The first-order valence-electron chi connectivity index (χ1n) is 10.2. The molecule has 0 bridgehead atoms. The van der Waals surface area contributed by atoms with E-state index in [9.17, 15) is 0 Å². The summed E-state index contributed by atoms with van der Waals surface area (Å²) in [5.74, 6) is 0. The van der Waals surface area contributed by atoms with E-state index < -0.39 is 5.00 Å². The lowest BCUT2D eigenvalue weighted by molar-refractivity contribution is 0.153. The predicted octanol–water partition coefficient (Wildman–Crippen LogP) is 4.41. The van der Waals surface area contributed by atoms with Crippen LogP contribution in [0.25, 0.3) is 0 Å². The average molecular weight is 376 g/mol. The zero-order valence-electron chi connectivity index (χ0n) is 16.6. The molecule has 3 rings (SSSR count). The fraction of sp³-hybridized carbons (Fsp3) is 0.636. The van der Waals surface area contributed by atoms with E-state index in [1.54, 1.807) is 0 Å². The molecule has 2 aliphatic rings. The van der Waals surface area contributed by atoms with Crippen LogP contribution in [-0.4, -0.2) is 54.1 Å². The maximum Gasteiger partial charge on any atom is 0.117 e. The van der Waals surface area contributed by atoms with Crippen LogP contribution in [0.4, 0.5) is 0 Å². The highest BCUT2D eigenvalue weighted by Crippen LogP contribution is 2.44. The molecule has 2 atom stereocenters. The van der Waals surface area contributed by atoms with Gasteiger partial charge in [-0.25, -0.2) is 0 Å². The van der Waals surface area contributed by atoms with E-state index in [0.717, 1.165) is 45.7 Å². The van der Waals surface area contributed by atoms with Gasteiger partial charge in [0.15, 0.2) is 0 Å². The zero-order valence-corrected chi connectivity index (χ0v) is 17.4. The van der Waals surface area contributed by atoms with Crippen LogP contribution in [0.15, 0.2) is 41.5 Å². The average Bonchev–Trinajstić information content (AvgIpc) is 3.21. The second kappa shape index (κ2) is 8.88. The molecular weight excluding hydrogens is 342 g/mol. The van der Waals surface area contributed by atoms with Crippen LogP contribution in [0.3, 0.4) is 0 Å². The zero-order chi connectivity index (χ0) is 18.6. The van der Waals surface area contributed by atoms with Gasteiger partial charge in [-0.3, -0.25) is 9.80 Å². The Balaban J connectivity index is 2.06. The highest BCUT2D eigenvalue weighted by Gasteiger charge is 2.41. The number of hydrogen-bond acceptors (Lipinski definition) is 3. The molecule has 3 nitrogen and oxygen atoms in total. The molecule has 2 saturated heterocycles. The minimum atomic E-state index is -0.453. The lowest BCUT2D eigenvalue weighted by Gasteiger charge is -2.46. The molecule has 4 heteroatoms. The summed E-state index contributed by atoms with van der Waals surface area (Å²) < 4.78 is 0. The third kappa shape index (κ3) is 4.17. The number of allylic oxidation sites excluding steroid dienone is 1. The molecule has 2 fully saturated rings. The van der Waals surface area contributed by atoms with Crippen LogP contribution in [0, 0.1) is 0 Å². The van der Waals surface area contributed by atoms with Crippen molar-refractivity contribution in [2.75, 3.05) is 39.3 Å². The van der Waals surface area contributed by atoms with Gasteiger partial charge in [0.25, 0.3) is 0 Å². The van der Waals surface area contributed by atoms with Gasteiger partial charge in [-0.1, -0.05) is 54.4 Å². The number of halogens is 1. The molecular formula is C22H34ClN3. The quantitative estimate of drug-likeness (QED) is 0.451. The largest absolute Gasteiger partial charge is 0.314 e. The number of piperazine rings is 1. The molecule has 1 aromatic rings. The standard InChI is InChI=1S/C22H34ClN3/c1-4-18(2)20(22(3,23)26-16-12-24-13-17-26)21(25-14-8-9-15-25)19-10-6-5-7-11-19/h5-7,10-11,21,24H,4,8-9,12-17H2,1-3H3. The number of alkyl halides is 1. The van der Waals surface area contributed by atoms with Crippen LogP contribution in [-0.2, 0) is 0 Å². The van der Waals surface area contributed by atoms with E-state index in [1.165, 1.54) is 29.6 Å². The van der Waals surface area contributed by atoms with Crippen LogP contribution < -0.4 is 5.32 Å². The van der Waals surface area contributed by atoms with Crippen molar-refractivity contribution in [2.24, 2.45) is 0 Å². The summed E-state index contributed by atoms with van der Waals surface area (Å²) in [6, 6.07) is 11.3. The Hall–Kier alpha value is -0.870. The Morgan fingerprint density at radius 2 is 1.73 bits per heavy atom. The second-order valence-electron chi connectivity index (χ2n) is 7.79. The predicted molar refractivity (Wildman–Crippen MR) is 112 cm³/mol. The summed E-state index contributed by atoms with van der Waals surface area (Å²) >= 11 is 7.39. The molecule has 0 saturated carbocycles. The van der Waals surface area contributed by atoms with E-state index in [1.807, 2.05) is 0 Å². The number of nitrogens with zero attached hydrogens (tertiary/aromatic N) is 2. The number of nitrogens with one attached hydrogen (secondary N) is 1. The molecule has 1 N–H and O–H groups in total. The Kier molecular flexibility index (Phi) is 6.79. The second-order valence-corrected chi connectivity index (χ2v) is 8.53. The highest BCUT2D eigenvalue weighted by molar-refractivity contribution is 6.25. The van der Waals surface area contributed by atoms with E-state index in [0.29, 0.717) is 0 Å². The van der Waals surface area contributed by atoms with E-state index in [4.69, 9.17) is 11.6 Å². The van der Waals surface area contributed by atoms with Crippen LogP contribution >= 0.6 is 11.6 Å². The van der Waals surface area contributed by atoms with Crippen molar-refractivity contribution in [1.82, 2.24) is 15.1 Å². The van der Waals surface area contributed by atoms with Gasteiger partial charge in [-0.15, -0.1) is 0 Å². The molecule has 0 amide bonds. The molecule has 2 aliphatic heterocycles. The van der Waals surface area contributed by atoms with Gasteiger partial charge in [0.1, 0.15) is 5.00 Å². The Morgan fingerprint density at radius 1 is 1.12 bits per heavy atom. The van der Waals surface area contributed by atoms with Crippen molar-refractivity contribution in [3.05, 3.63) is 47.0 Å². The minimum absolute atomic E-state index is 0.274. The highest BCUT2D eigenvalue weighted by atomic mass is 35.5. The monoisotopic (exact) mass is 375 g/mol. The molecule has 0 aliphatic carbocycles. The Labute approximate surface area is 164 Å². The lowest BCUT2D eigenvalue weighted by atomic mass is 9.86. The maximum atomic E-state index is 7.39. The molecule has 1 aromatic carbocycles. The van der Waals surface area contributed by atoms with Gasteiger partial charge in [0.2, 0.25) is 0 Å². The van der Waals surface area contributed by atoms with Gasteiger partial charge in [-0.2, -0.15) is 0 Å². The van der Waals surface area contributed by atoms with E-state index >= 15 is 0 Å². The molecule has 26 heavy (non-hydrogen) atoms. The topological polar surface area (TPSA) is 18.5 Å². The minimum Gasteiger partial charge on any atom is -0.314 e. The number of benzene rings is 1. The van der Waals surface area contributed by atoms with Gasteiger partial charge < -0.3 is 5.32 Å². The third-order valence-electron chi connectivity index (χ3n) is 6.09. The summed E-state index contributed by atoms with van der Waals surface area (Å²) in [7, 11) is 0. The van der Waals surface area contributed by atoms with Crippen molar-refractivity contribution >= 4 is 11.6 Å². The number of likely N-dealkylation sites (tertiary alicyclic amines) is 1. The van der Waals surface area contributed by atoms with E-state index in [-0.39, 0.29) is 6.04 Å². The van der Waals surface area contributed by atoms with Crippen molar-refractivity contribution in [2.45, 2.75) is 51.1 Å². The number of hydrogen-bond donors (Lipinski definition) is 1. The first kappa shape index (κ1) is 19.9. The normalized spacial score (nSPS) is 24.2. The van der Waals surface area contributed by atoms with Crippen molar-refractivity contribution in [1.29, 1.82) is 0 Å². The van der Waals surface area contributed by atoms with Crippen LogP contribution in [0.5, 0.6) is 0 Å². The molecule has 2 unspecified atom stereocenters. The first-order valence-corrected chi connectivity index (χ1v) is 10.6. The molecule has 144 valence electrons. The molecule has 0 aromatic heterocycles. The Morgan fingerprint density at radius 3 is 2.31 bits per heavy atom. The summed E-state index contributed by atoms with van der Waals surface area (Å²) in [5, 5.41) is 3.46. The molecule has 0 radical (unpaired) electrons. The van der Waals surface area contributed by atoms with Gasteiger partial charge in [-0.05, 0) is 57.3 Å². The first-order chi connectivity index (χ1) is 12.6. The fourth-order valence-corrected chi connectivity index (χ4v) is 4.95. The SMILES string of the molecule is CCC(C)=C(C(c1ccccc1)N1CCCC1)C(C)(Cl)N1CCNCC1. The smallest absolute Gasteiger partial charge is 0.117 e. The summed E-state index contributed by atoms with van der Waals surface area (Å²) in [6.45, 7) is 13.1. The third-order valence-corrected chi connectivity index (χ3v) is 6.53. The van der Waals surface area contributed by atoms with Gasteiger partial charge >= 0.3 is 0 Å². The van der Waals surface area contributed by atoms with Crippen LogP contribution in [0.1, 0.15) is 51.6 Å². The van der Waals surface area contributed by atoms with Crippen LogP contribution in [0.2, 0.25) is 0 Å². The van der Waals surface area contributed by atoms with E-state index in [2.05, 4.69) is 66.2 Å². The van der Waals surface area contributed by atoms with Crippen molar-refractivity contribution in [3.63, 3.8) is 0 Å². The summed E-state index contributed by atoms with van der Waals surface area (Å²) in [5.41, 5.74) is 4.21. The van der Waals surface area contributed by atoms with Crippen molar-refractivity contribution < 1.29 is 0 Å². The molecule has 2 heterocycles. The van der Waals surface area contributed by atoms with Gasteiger partial charge in [0, 0.05) is 26.2 Å². The summed E-state index contributed by atoms with van der Waals surface area (Å²) in [4.78, 5) is 4.66. The fourth-order valence-electron chi connectivity index (χ4n) is 4.51. The molecule has 0 spiro atoms. The van der Waals surface area contributed by atoms with Gasteiger partial charge in [0.05, 0.1) is 6.04 Å². The number of rotatable bonds is 6. The lowest BCUT2D eigenvalue weighted by Crippen LogP contribution is -2.54. The Bertz CT molecular complexity index is 599. The van der Waals surface area contributed by atoms with Crippen molar-refractivity contribution in [3.8, 4) is 0 Å². The summed E-state index contributed by atoms with van der Waals surface area (Å²) in [6.07, 6.45) is 3.61.